The van der Waals surface area contributed by atoms with Gasteiger partial charge in [0.15, 0.2) is 0 Å². The zero-order valence-corrected chi connectivity index (χ0v) is 8.22. The first-order chi connectivity index (χ1) is 6.27. The summed E-state index contributed by atoms with van der Waals surface area (Å²) in [6, 6.07) is 6.54. The predicted octanol–water partition coefficient (Wildman–Crippen LogP) is 1.40. The molecule has 13 heavy (non-hydrogen) atoms. The molecule has 0 bridgehead atoms. The van der Waals surface area contributed by atoms with E-state index < -0.39 is 0 Å². The molecule has 0 spiro atoms. The molecule has 0 saturated carbocycles. The van der Waals surface area contributed by atoms with Gasteiger partial charge in [-0.15, -0.1) is 13.2 Å². The van der Waals surface area contributed by atoms with Gasteiger partial charge in [-0.1, -0.05) is 35.8 Å². The maximum atomic E-state index is 3.76. The van der Waals surface area contributed by atoms with Crippen molar-refractivity contribution in [3.05, 3.63) is 54.6 Å². The van der Waals surface area contributed by atoms with E-state index in [2.05, 4.69) is 39.2 Å². The minimum absolute atomic E-state index is 0.948. The van der Waals surface area contributed by atoms with Crippen molar-refractivity contribution in [2.24, 2.45) is 0 Å². The summed E-state index contributed by atoms with van der Waals surface area (Å²) < 4.78 is 0. The van der Waals surface area contributed by atoms with Crippen molar-refractivity contribution in [3.63, 3.8) is 0 Å². The SMILES string of the molecule is Bc1ccc(CC=C)c(CC=C)c1. The molecule has 0 heterocycles. The fourth-order valence-corrected chi connectivity index (χ4v) is 1.45. The summed E-state index contributed by atoms with van der Waals surface area (Å²) >= 11 is 0. The molecule has 66 valence electrons. The normalized spacial score (nSPS) is 9.54. The van der Waals surface area contributed by atoms with E-state index in [9.17, 15) is 0 Å². The Labute approximate surface area is 81.4 Å². The summed E-state index contributed by atoms with van der Waals surface area (Å²) in [5.41, 5.74) is 4.04. The fraction of sp³-hybridized carbons (Fsp3) is 0.167. The van der Waals surface area contributed by atoms with Gasteiger partial charge < -0.3 is 0 Å². The Bertz CT molecular complexity index is 313. The Hall–Kier alpha value is -1.24. The lowest BCUT2D eigenvalue weighted by Gasteiger charge is -2.06. The number of benzene rings is 1. The number of hydrogen-bond acceptors (Lipinski definition) is 0. The lowest BCUT2D eigenvalue weighted by atomic mass is 9.90. The molecular formula is C12H15B. The molecule has 0 nitrogen and oxygen atoms in total. The summed E-state index contributed by atoms with van der Waals surface area (Å²) in [4.78, 5) is 0. The monoisotopic (exact) mass is 170 g/mol. The van der Waals surface area contributed by atoms with Crippen molar-refractivity contribution in [2.45, 2.75) is 12.8 Å². The standard InChI is InChI=1S/C12H15B/c1-3-5-10-7-8-12(13)9-11(10)6-4-2/h3-4,7-9H,1-2,5-6,13H2. The van der Waals surface area contributed by atoms with E-state index in [1.807, 2.05) is 12.2 Å². The first-order valence-corrected chi connectivity index (χ1v) is 4.58. The van der Waals surface area contributed by atoms with Crippen LogP contribution in [-0.4, -0.2) is 7.85 Å². The minimum atomic E-state index is 0.948. The van der Waals surface area contributed by atoms with Gasteiger partial charge in [-0.05, 0) is 24.0 Å². The van der Waals surface area contributed by atoms with E-state index in [-0.39, 0.29) is 0 Å². The molecule has 0 amide bonds. The molecular weight excluding hydrogens is 155 g/mol. The molecule has 1 aromatic carbocycles. The molecule has 1 aromatic rings. The zero-order valence-electron chi connectivity index (χ0n) is 8.22. The van der Waals surface area contributed by atoms with Crippen molar-refractivity contribution >= 4 is 13.3 Å². The Balaban J connectivity index is 3.01. The van der Waals surface area contributed by atoms with Gasteiger partial charge in [-0.25, -0.2) is 0 Å². The van der Waals surface area contributed by atoms with Crippen molar-refractivity contribution in [1.82, 2.24) is 0 Å². The average molecular weight is 170 g/mol. The minimum Gasteiger partial charge on any atom is -0.103 e. The second-order valence-corrected chi connectivity index (χ2v) is 3.26. The predicted molar refractivity (Wildman–Crippen MR) is 62.4 cm³/mol. The van der Waals surface area contributed by atoms with Crippen LogP contribution in [0.1, 0.15) is 11.1 Å². The second-order valence-electron chi connectivity index (χ2n) is 3.26. The van der Waals surface area contributed by atoms with Crippen LogP contribution in [-0.2, 0) is 12.8 Å². The van der Waals surface area contributed by atoms with E-state index in [0.717, 1.165) is 12.8 Å². The molecule has 0 radical (unpaired) electrons. The van der Waals surface area contributed by atoms with Gasteiger partial charge in [0.05, 0.1) is 0 Å². The quantitative estimate of drug-likeness (QED) is 0.473. The molecule has 0 aliphatic carbocycles. The third-order valence-electron chi connectivity index (χ3n) is 2.09. The van der Waals surface area contributed by atoms with Gasteiger partial charge in [-0.2, -0.15) is 0 Å². The summed E-state index contributed by atoms with van der Waals surface area (Å²) in [6.45, 7) is 7.51. The van der Waals surface area contributed by atoms with Crippen LogP contribution in [0.4, 0.5) is 0 Å². The Morgan fingerprint density at radius 1 is 1.08 bits per heavy atom. The van der Waals surface area contributed by atoms with Crippen LogP contribution >= 0.6 is 0 Å². The third-order valence-corrected chi connectivity index (χ3v) is 2.09. The summed E-state index contributed by atoms with van der Waals surface area (Å²) in [5.74, 6) is 0. The van der Waals surface area contributed by atoms with Gasteiger partial charge in [-0.3, -0.25) is 0 Å². The molecule has 0 aromatic heterocycles. The van der Waals surface area contributed by atoms with E-state index in [0.29, 0.717) is 0 Å². The van der Waals surface area contributed by atoms with Crippen molar-refractivity contribution in [2.75, 3.05) is 0 Å². The highest BCUT2D eigenvalue weighted by Gasteiger charge is 1.98. The summed E-state index contributed by atoms with van der Waals surface area (Å²) in [7, 11) is 2.12. The number of hydrogen-bond donors (Lipinski definition) is 0. The Morgan fingerprint density at radius 2 is 1.69 bits per heavy atom. The highest BCUT2D eigenvalue weighted by Crippen LogP contribution is 2.09. The lowest BCUT2D eigenvalue weighted by Crippen LogP contribution is -2.05. The van der Waals surface area contributed by atoms with Crippen LogP contribution in [0.25, 0.3) is 0 Å². The van der Waals surface area contributed by atoms with Gasteiger partial charge in [0.1, 0.15) is 7.85 Å². The van der Waals surface area contributed by atoms with Crippen molar-refractivity contribution < 1.29 is 0 Å². The first kappa shape index (κ1) is 9.85. The van der Waals surface area contributed by atoms with Gasteiger partial charge >= 0.3 is 0 Å². The highest BCUT2D eigenvalue weighted by molar-refractivity contribution is 6.32. The van der Waals surface area contributed by atoms with Crippen LogP contribution in [0.3, 0.4) is 0 Å². The summed E-state index contributed by atoms with van der Waals surface area (Å²) in [5, 5.41) is 0. The molecule has 1 rings (SSSR count). The van der Waals surface area contributed by atoms with E-state index >= 15 is 0 Å². The first-order valence-electron chi connectivity index (χ1n) is 4.58. The molecule has 0 unspecified atom stereocenters. The molecule has 0 aliphatic rings. The molecule has 0 aliphatic heterocycles. The van der Waals surface area contributed by atoms with Crippen LogP contribution in [0.15, 0.2) is 43.5 Å². The highest BCUT2D eigenvalue weighted by atomic mass is 14.0. The van der Waals surface area contributed by atoms with Crippen LogP contribution in [0.5, 0.6) is 0 Å². The molecule has 1 heteroatoms. The molecule has 0 fully saturated rings. The van der Waals surface area contributed by atoms with Crippen molar-refractivity contribution in [3.8, 4) is 0 Å². The average Bonchev–Trinajstić information content (AvgIpc) is 2.10. The Morgan fingerprint density at radius 3 is 2.31 bits per heavy atom. The Kier molecular flexibility index (Phi) is 3.57. The number of rotatable bonds is 4. The number of allylic oxidation sites excluding steroid dienone is 2. The van der Waals surface area contributed by atoms with E-state index in [1.54, 1.807) is 0 Å². The van der Waals surface area contributed by atoms with Crippen LogP contribution in [0, 0.1) is 0 Å². The fourth-order valence-electron chi connectivity index (χ4n) is 1.45. The lowest BCUT2D eigenvalue weighted by molar-refractivity contribution is 1.16. The molecule has 0 saturated heterocycles. The van der Waals surface area contributed by atoms with E-state index in [4.69, 9.17) is 0 Å². The van der Waals surface area contributed by atoms with Gasteiger partial charge in [0.25, 0.3) is 0 Å². The van der Waals surface area contributed by atoms with Crippen LogP contribution in [0.2, 0.25) is 0 Å². The maximum Gasteiger partial charge on any atom is 0.139 e. The smallest absolute Gasteiger partial charge is 0.103 e. The van der Waals surface area contributed by atoms with E-state index in [1.165, 1.54) is 16.6 Å². The zero-order chi connectivity index (χ0) is 9.68. The maximum absolute atomic E-state index is 3.76. The summed E-state index contributed by atoms with van der Waals surface area (Å²) in [6.07, 6.45) is 5.78. The topological polar surface area (TPSA) is 0 Å². The van der Waals surface area contributed by atoms with Gasteiger partial charge in [0.2, 0.25) is 0 Å². The third kappa shape index (κ3) is 2.62. The second kappa shape index (κ2) is 4.71. The van der Waals surface area contributed by atoms with Gasteiger partial charge in [0, 0.05) is 0 Å². The van der Waals surface area contributed by atoms with Crippen molar-refractivity contribution in [1.29, 1.82) is 0 Å². The molecule has 0 atom stereocenters. The van der Waals surface area contributed by atoms with Crippen LogP contribution < -0.4 is 5.46 Å². The largest absolute Gasteiger partial charge is 0.139 e. The molecule has 0 N–H and O–H groups in total.